The second-order valence-electron chi connectivity index (χ2n) is 24.1. The van der Waals surface area contributed by atoms with Gasteiger partial charge in [0, 0.05) is 53.3 Å². The standard InChI is InChI=1S/C31H20ClN3.C21H14BrN3.C12H24B2O4.C10H8BClO2/c32-28-19-18-25(26-16-7-8-17-27(26)28)23-14-9-15-24(20-23)31-34-29(21-10-3-1-4-11-21)33-30(35-31)22-12-5-2-6-13-22;22-18-13-7-12-17(14-18)21-24-19(15-8-3-1-4-9-15)23-20(25-21)16-10-5-2-6-11-16;1-9(2)10(3,4)16-13(15-9)14-17-11(5,6)12(7,8)18-14;12-10-6-5-9(11(13)14)7-3-1-2-4-8(7)10/h1-20H;1-14H;1-8H3;1-6,13-14H. The number of hydrogen-bond acceptors (Lipinski definition) is 12. The fourth-order valence-corrected chi connectivity index (χ4v) is 11.2. The van der Waals surface area contributed by atoms with E-state index in [1.165, 1.54) is 0 Å². The number of rotatable bonds is 9. The molecule has 92 heavy (non-hydrogen) atoms. The highest BCUT2D eigenvalue weighted by molar-refractivity contribution is 9.10. The van der Waals surface area contributed by atoms with Crippen LogP contribution in [0.15, 0.2) is 247 Å². The van der Waals surface area contributed by atoms with Crippen LogP contribution in [0, 0.1) is 0 Å². The predicted molar refractivity (Wildman–Crippen MR) is 379 cm³/mol. The van der Waals surface area contributed by atoms with Gasteiger partial charge in [-0.05, 0) is 118 Å². The summed E-state index contributed by atoms with van der Waals surface area (Å²) in [6.07, 6.45) is 0. The molecule has 2 aromatic heterocycles. The second-order valence-corrected chi connectivity index (χ2v) is 25.8. The van der Waals surface area contributed by atoms with Crippen LogP contribution in [-0.4, -0.2) is 83.5 Å². The van der Waals surface area contributed by atoms with Crippen LogP contribution >= 0.6 is 39.1 Å². The molecular formula is C74H66B3BrCl2N6O6. The highest BCUT2D eigenvalue weighted by Gasteiger charge is 2.63. The van der Waals surface area contributed by atoms with Crippen molar-refractivity contribution in [2.45, 2.75) is 77.8 Å². The molecule has 10 aromatic carbocycles. The zero-order valence-corrected chi connectivity index (χ0v) is 55.3. The van der Waals surface area contributed by atoms with Crippen LogP contribution in [0.5, 0.6) is 0 Å². The Bertz CT molecular complexity index is 4360. The molecule has 4 heterocycles. The molecule has 458 valence electrons. The molecule has 2 saturated heterocycles. The van der Waals surface area contributed by atoms with Crippen LogP contribution in [0.2, 0.25) is 10.0 Å². The summed E-state index contributed by atoms with van der Waals surface area (Å²) >= 11 is 16.0. The Balaban J connectivity index is 0.000000133. The minimum atomic E-state index is -1.46. The molecule has 12 aromatic rings. The summed E-state index contributed by atoms with van der Waals surface area (Å²) in [7, 11) is -2.41. The zero-order valence-electron chi connectivity index (χ0n) is 52.2. The minimum absolute atomic E-state index is 0.360. The van der Waals surface area contributed by atoms with Crippen molar-refractivity contribution in [3.8, 4) is 79.5 Å². The molecule has 0 amide bonds. The lowest BCUT2D eigenvalue weighted by Crippen LogP contribution is -2.41. The molecule has 0 aliphatic carbocycles. The number of halogens is 3. The molecule has 2 aliphatic rings. The monoisotopic (exact) mass is 1320 g/mol. The van der Waals surface area contributed by atoms with Crippen molar-refractivity contribution in [2.24, 2.45) is 0 Å². The lowest BCUT2D eigenvalue weighted by atomic mass is 9.49. The van der Waals surface area contributed by atoms with E-state index in [-0.39, 0.29) is 22.4 Å². The molecule has 18 heteroatoms. The fraction of sp³-hybridized carbons (Fsp3) is 0.162. The Morgan fingerprint density at radius 3 is 1.00 bits per heavy atom. The molecule has 0 unspecified atom stereocenters. The van der Waals surface area contributed by atoms with Gasteiger partial charge in [-0.3, -0.25) is 0 Å². The first-order valence-electron chi connectivity index (χ1n) is 30.2. The van der Waals surface area contributed by atoms with Crippen molar-refractivity contribution in [3.05, 3.63) is 257 Å². The first-order chi connectivity index (χ1) is 44.1. The van der Waals surface area contributed by atoms with Crippen molar-refractivity contribution in [3.63, 3.8) is 0 Å². The van der Waals surface area contributed by atoms with Crippen LogP contribution in [0.1, 0.15) is 55.4 Å². The van der Waals surface area contributed by atoms with Crippen LogP contribution < -0.4 is 5.46 Å². The third kappa shape index (κ3) is 14.8. The first-order valence-corrected chi connectivity index (χ1v) is 31.7. The van der Waals surface area contributed by atoms with Crippen molar-refractivity contribution in [1.29, 1.82) is 0 Å². The van der Waals surface area contributed by atoms with Crippen LogP contribution in [-0.2, 0) is 18.6 Å². The van der Waals surface area contributed by atoms with E-state index in [0.29, 0.717) is 45.4 Å². The van der Waals surface area contributed by atoms with Crippen LogP contribution in [0.3, 0.4) is 0 Å². The lowest BCUT2D eigenvalue weighted by molar-refractivity contribution is 0.00578. The molecule has 0 atom stereocenters. The molecule has 2 fully saturated rings. The van der Waals surface area contributed by atoms with Gasteiger partial charge in [-0.25, -0.2) is 29.9 Å². The molecule has 0 bridgehead atoms. The van der Waals surface area contributed by atoms with Gasteiger partial charge >= 0.3 is 21.1 Å². The van der Waals surface area contributed by atoms with Crippen LogP contribution in [0.25, 0.3) is 101 Å². The van der Waals surface area contributed by atoms with E-state index in [0.717, 1.165) is 75.5 Å². The molecule has 0 saturated carbocycles. The predicted octanol–water partition coefficient (Wildman–Crippen LogP) is 17.4. The summed E-state index contributed by atoms with van der Waals surface area (Å²) in [6, 6.07) is 79.2. The summed E-state index contributed by atoms with van der Waals surface area (Å²) in [5.41, 5.74) is 6.96. The third-order valence-corrected chi connectivity index (χ3v) is 17.9. The van der Waals surface area contributed by atoms with E-state index in [1.54, 1.807) is 12.1 Å². The minimum Gasteiger partial charge on any atom is -0.423 e. The van der Waals surface area contributed by atoms with Crippen molar-refractivity contribution < 1.29 is 28.7 Å². The summed E-state index contributed by atoms with van der Waals surface area (Å²) in [5, 5.41) is 23.4. The Kier molecular flexibility index (Phi) is 19.8. The maximum Gasteiger partial charge on any atom is 0.489 e. The summed E-state index contributed by atoms with van der Waals surface area (Å²) in [4.78, 5) is 28.6. The molecular weight excluding hydrogens is 1250 g/mol. The van der Waals surface area contributed by atoms with E-state index in [2.05, 4.69) is 51.2 Å². The fourth-order valence-electron chi connectivity index (χ4n) is 10.4. The number of benzene rings is 10. The zero-order chi connectivity index (χ0) is 64.8. The molecule has 2 N–H and O–H groups in total. The SMILES string of the molecule is Brc1cccc(-c2nc(-c3ccccc3)nc(-c3ccccc3)n2)c1.CC1(C)OB(B2OC(C)(C)C(C)(C)O2)OC1(C)C.Clc1ccc(-c2cccc(-c3nc(-c4ccccc4)nc(-c4ccccc4)n3)c2)c2ccccc12.OB(O)c1ccc(Cl)c2ccccc12. The molecule has 14 rings (SSSR count). The maximum atomic E-state index is 9.13. The van der Waals surface area contributed by atoms with Gasteiger partial charge in [-0.1, -0.05) is 251 Å². The van der Waals surface area contributed by atoms with E-state index in [1.807, 2.05) is 256 Å². The third-order valence-electron chi connectivity index (χ3n) is 16.7. The average Bonchev–Trinajstić information content (AvgIpc) is 1.57. The smallest absolute Gasteiger partial charge is 0.423 e. The van der Waals surface area contributed by atoms with Gasteiger partial charge in [0.05, 0.1) is 22.4 Å². The molecule has 0 spiro atoms. The van der Waals surface area contributed by atoms with Gasteiger partial charge in [0.2, 0.25) is 0 Å². The summed E-state index contributed by atoms with van der Waals surface area (Å²) < 4.78 is 24.8. The van der Waals surface area contributed by atoms with E-state index < -0.39 is 21.1 Å². The van der Waals surface area contributed by atoms with Crippen molar-refractivity contribution in [2.75, 3.05) is 0 Å². The first kappa shape index (κ1) is 65.3. The van der Waals surface area contributed by atoms with Gasteiger partial charge in [-0.2, -0.15) is 0 Å². The highest BCUT2D eigenvalue weighted by Crippen LogP contribution is 2.43. The van der Waals surface area contributed by atoms with Gasteiger partial charge in [0.1, 0.15) is 0 Å². The van der Waals surface area contributed by atoms with Gasteiger partial charge in [0.15, 0.2) is 34.9 Å². The van der Waals surface area contributed by atoms with E-state index in [4.69, 9.17) is 76.8 Å². The normalized spacial score (nSPS) is 14.9. The van der Waals surface area contributed by atoms with Gasteiger partial charge < -0.3 is 28.7 Å². The Morgan fingerprint density at radius 2 is 0.620 bits per heavy atom. The van der Waals surface area contributed by atoms with Crippen molar-refractivity contribution in [1.82, 2.24) is 29.9 Å². The van der Waals surface area contributed by atoms with E-state index >= 15 is 0 Å². The second kappa shape index (κ2) is 27.9. The molecule has 2 aliphatic heterocycles. The van der Waals surface area contributed by atoms with Gasteiger partial charge in [0.25, 0.3) is 0 Å². The number of aromatic nitrogens is 6. The number of hydrogen-bond donors (Lipinski definition) is 2. The number of nitrogens with zero attached hydrogens (tertiary/aromatic N) is 6. The maximum absolute atomic E-state index is 9.13. The summed E-state index contributed by atoms with van der Waals surface area (Å²) in [5.74, 6) is 3.94. The Labute approximate surface area is 556 Å². The molecule has 12 nitrogen and oxygen atoms in total. The Morgan fingerprint density at radius 1 is 0.326 bits per heavy atom. The highest BCUT2D eigenvalue weighted by atomic mass is 79.9. The topological polar surface area (TPSA) is 155 Å². The van der Waals surface area contributed by atoms with Gasteiger partial charge in [-0.15, -0.1) is 0 Å². The quantitative estimate of drug-likeness (QED) is 0.132. The largest absolute Gasteiger partial charge is 0.489 e. The van der Waals surface area contributed by atoms with E-state index in [9.17, 15) is 0 Å². The van der Waals surface area contributed by atoms with Crippen LogP contribution in [0.4, 0.5) is 0 Å². The summed E-state index contributed by atoms with van der Waals surface area (Å²) in [6.45, 7) is 16.2. The average molecular weight is 1320 g/mol. The number of fused-ring (bicyclic) bond motifs is 2. The lowest BCUT2D eigenvalue weighted by Gasteiger charge is -2.32. The Hall–Kier alpha value is -8.25. The molecule has 0 radical (unpaired) electrons. The van der Waals surface area contributed by atoms with Crippen molar-refractivity contribution >= 4 is 87.3 Å².